The number of hydrogen-bond acceptors (Lipinski definition) is 5. The van der Waals surface area contributed by atoms with Crippen LogP contribution in [0.15, 0.2) is 0 Å². The predicted molar refractivity (Wildman–Crippen MR) is 71.0 cm³/mol. The van der Waals surface area contributed by atoms with Crippen molar-refractivity contribution < 1.29 is 23.9 Å². The van der Waals surface area contributed by atoms with Gasteiger partial charge in [0, 0.05) is 18.9 Å². The molecular weight excluding hydrogens is 260 g/mol. The van der Waals surface area contributed by atoms with E-state index in [0.717, 1.165) is 0 Å². The van der Waals surface area contributed by atoms with Crippen LogP contribution in [-0.2, 0) is 23.9 Å². The fourth-order valence-electron chi connectivity index (χ4n) is 2.95. The van der Waals surface area contributed by atoms with Crippen molar-refractivity contribution in [3.63, 3.8) is 0 Å². The van der Waals surface area contributed by atoms with Crippen LogP contribution in [0.1, 0.15) is 40.0 Å². The van der Waals surface area contributed by atoms with Crippen molar-refractivity contribution in [3.8, 4) is 0 Å². The maximum Gasteiger partial charge on any atom is 0.320 e. The SMILES string of the molecule is CC(C)COC[C@H]1C[C@@]2(C[C@H](C)C(=O)CC2=O)C(=O)O1. The highest BCUT2D eigenvalue weighted by Crippen LogP contribution is 2.44. The Hall–Kier alpha value is -1.23. The lowest BCUT2D eigenvalue weighted by atomic mass is 9.67. The van der Waals surface area contributed by atoms with Crippen molar-refractivity contribution >= 4 is 17.5 Å². The molecule has 112 valence electrons. The highest BCUT2D eigenvalue weighted by Gasteiger charge is 2.57. The summed E-state index contributed by atoms with van der Waals surface area (Å²) in [4.78, 5) is 35.8. The van der Waals surface area contributed by atoms with Gasteiger partial charge in [-0.15, -0.1) is 0 Å². The van der Waals surface area contributed by atoms with Crippen LogP contribution in [0.4, 0.5) is 0 Å². The number of rotatable bonds is 4. The van der Waals surface area contributed by atoms with E-state index in [4.69, 9.17) is 9.47 Å². The molecule has 3 atom stereocenters. The smallest absolute Gasteiger partial charge is 0.320 e. The summed E-state index contributed by atoms with van der Waals surface area (Å²) >= 11 is 0. The Morgan fingerprint density at radius 2 is 2.00 bits per heavy atom. The first-order valence-corrected chi connectivity index (χ1v) is 7.20. The van der Waals surface area contributed by atoms with E-state index in [1.54, 1.807) is 6.92 Å². The first-order valence-electron chi connectivity index (χ1n) is 7.20. The van der Waals surface area contributed by atoms with Crippen LogP contribution in [0.2, 0.25) is 0 Å². The molecule has 1 heterocycles. The van der Waals surface area contributed by atoms with Gasteiger partial charge in [-0.2, -0.15) is 0 Å². The second-order valence-electron chi connectivity index (χ2n) is 6.42. The molecule has 0 aromatic carbocycles. The minimum Gasteiger partial charge on any atom is -0.459 e. The molecule has 0 radical (unpaired) electrons. The largest absolute Gasteiger partial charge is 0.459 e. The number of ketones is 2. The van der Waals surface area contributed by atoms with Gasteiger partial charge in [-0.25, -0.2) is 0 Å². The first kappa shape index (κ1) is 15.2. The molecule has 1 saturated heterocycles. The zero-order valence-electron chi connectivity index (χ0n) is 12.3. The highest BCUT2D eigenvalue weighted by molar-refractivity contribution is 6.14. The lowest BCUT2D eigenvalue weighted by Crippen LogP contribution is -2.44. The van der Waals surface area contributed by atoms with Crippen molar-refractivity contribution in [2.75, 3.05) is 13.2 Å². The standard InChI is InChI=1S/C15H22O5/c1-9(2)7-19-8-11-6-15(14(18)20-11)5-10(3)12(16)4-13(15)17/h9-11H,4-8H2,1-3H3/t10-,11+,15+/m0/s1. The molecule has 2 fully saturated rings. The van der Waals surface area contributed by atoms with Crippen LogP contribution >= 0.6 is 0 Å². The van der Waals surface area contributed by atoms with Crippen molar-refractivity contribution in [1.29, 1.82) is 0 Å². The van der Waals surface area contributed by atoms with Gasteiger partial charge in [0.1, 0.15) is 17.3 Å². The Kier molecular flexibility index (Phi) is 4.28. The van der Waals surface area contributed by atoms with Crippen molar-refractivity contribution in [3.05, 3.63) is 0 Å². The van der Waals surface area contributed by atoms with Gasteiger partial charge in [0.15, 0.2) is 5.78 Å². The van der Waals surface area contributed by atoms with Crippen LogP contribution in [0, 0.1) is 17.3 Å². The zero-order chi connectivity index (χ0) is 14.9. The second-order valence-corrected chi connectivity index (χ2v) is 6.42. The molecule has 2 rings (SSSR count). The molecule has 0 amide bonds. The van der Waals surface area contributed by atoms with Gasteiger partial charge in [-0.3, -0.25) is 14.4 Å². The van der Waals surface area contributed by atoms with E-state index in [-0.39, 0.29) is 36.4 Å². The maximum atomic E-state index is 12.1. The van der Waals surface area contributed by atoms with E-state index in [2.05, 4.69) is 0 Å². The Morgan fingerprint density at radius 1 is 1.30 bits per heavy atom. The number of esters is 1. The normalized spacial score (nSPS) is 34.1. The summed E-state index contributed by atoms with van der Waals surface area (Å²) in [6.07, 6.45) is 0.117. The molecule has 1 saturated carbocycles. The molecule has 2 aliphatic rings. The molecule has 0 aromatic rings. The van der Waals surface area contributed by atoms with Gasteiger partial charge in [0.2, 0.25) is 0 Å². The van der Waals surface area contributed by atoms with E-state index in [0.29, 0.717) is 25.6 Å². The number of ether oxygens (including phenoxy) is 2. The van der Waals surface area contributed by atoms with Gasteiger partial charge in [-0.05, 0) is 12.3 Å². The third kappa shape index (κ3) is 2.77. The quantitative estimate of drug-likeness (QED) is 0.577. The van der Waals surface area contributed by atoms with Gasteiger partial charge < -0.3 is 9.47 Å². The molecule has 5 heteroatoms. The minimum absolute atomic E-state index is 0.0760. The lowest BCUT2D eigenvalue weighted by molar-refractivity contribution is -0.157. The molecule has 0 aromatic heterocycles. The van der Waals surface area contributed by atoms with Crippen LogP contribution in [0.3, 0.4) is 0 Å². The van der Waals surface area contributed by atoms with Crippen molar-refractivity contribution in [2.24, 2.45) is 17.3 Å². The third-order valence-corrected chi connectivity index (χ3v) is 4.07. The summed E-state index contributed by atoms with van der Waals surface area (Å²) in [5.74, 6) is -0.671. The minimum atomic E-state index is -1.10. The molecule has 5 nitrogen and oxygen atoms in total. The van der Waals surface area contributed by atoms with E-state index in [1.165, 1.54) is 0 Å². The Bertz CT molecular complexity index is 428. The molecule has 1 spiro atoms. The average molecular weight is 282 g/mol. The van der Waals surface area contributed by atoms with E-state index in [1.807, 2.05) is 13.8 Å². The molecule has 0 bridgehead atoms. The first-order chi connectivity index (χ1) is 9.35. The van der Waals surface area contributed by atoms with E-state index < -0.39 is 11.4 Å². The Balaban J connectivity index is 2.01. The number of carbonyl (C=O) groups excluding carboxylic acids is 3. The Morgan fingerprint density at radius 3 is 2.65 bits per heavy atom. The van der Waals surface area contributed by atoms with Crippen LogP contribution in [0.5, 0.6) is 0 Å². The number of carbonyl (C=O) groups is 3. The van der Waals surface area contributed by atoms with Gasteiger partial charge in [0.05, 0.1) is 13.0 Å². The predicted octanol–water partition coefficient (Wildman–Crippen LogP) is 1.53. The van der Waals surface area contributed by atoms with Crippen LogP contribution in [0.25, 0.3) is 0 Å². The number of Topliss-reactive ketones (excluding diaryl/α,β-unsaturated/α-hetero) is 2. The zero-order valence-corrected chi connectivity index (χ0v) is 12.3. The summed E-state index contributed by atoms with van der Waals surface area (Å²) in [5.41, 5.74) is -1.10. The maximum absolute atomic E-state index is 12.1. The topological polar surface area (TPSA) is 69.7 Å². The molecular formula is C15H22O5. The molecule has 0 N–H and O–H groups in total. The molecule has 0 unspecified atom stereocenters. The van der Waals surface area contributed by atoms with Crippen molar-refractivity contribution in [2.45, 2.75) is 46.1 Å². The van der Waals surface area contributed by atoms with Crippen LogP contribution in [-0.4, -0.2) is 36.9 Å². The summed E-state index contributed by atoms with van der Waals surface area (Å²) in [5, 5.41) is 0. The van der Waals surface area contributed by atoms with Crippen LogP contribution < -0.4 is 0 Å². The lowest BCUT2D eigenvalue weighted by Gasteiger charge is -2.30. The summed E-state index contributed by atoms with van der Waals surface area (Å²) in [7, 11) is 0. The molecule has 20 heavy (non-hydrogen) atoms. The third-order valence-electron chi connectivity index (χ3n) is 4.07. The fourth-order valence-corrected chi connectivity index (χ4v) is 2.95. The van der Waals surface area contributed by atoms with E-state index in [9.17, 15) is 14.4 Å². The van der Waals surface area contributed by atoms with Gasteiger partial charge in [-0.1, -0.05) is 20.8 Å². The fraction of sp³-hybridized carbons (Fsp3) is 0.800. The van der Waals surface area contributed by atoms with Gasteiger partial charge in [0.25, 0.3) is 0 Å². The number of hydrogen-bond donors (Lipinski definition) is 0. The van der Waals surface area contributed by atoms with Gasteiger partial charge >= 0.3 is 5.97 Å². The summed E-state index contributed by atoms with van der Waals surface area (Å²) < 4.78 is 10.8. The van der Waals surface area contributed by atoms with Crippen molar-refractivity contribution in [1.82, 2.24) is 0 Å². The van der Waals surface area contributed by atoms with E-state index >= 15 is 0 Å². The average Bonchev–Trinajstić information content (AvgIpc) is 2.64. The highest BCUT2D eigenvalue weighted by atomic mass is 16.6. The Labute approximate surface area is 119 Å². The molecule has 1 aliphatic carbocycles. The molecule has 1 aliphatic heterocycles. The summed E-state index contributed by atoms with van der Waals surface area (Å²) in [6.45, 7) is 6.78. The monoisotopic (exact) mass is 282 g/mol. The second kappa shape index (κ2) is 5.64. The summed E-state index contributed by atoms with van der Waals surface area (Å²) in [6, 6.07) is 0. The number of cyclic esters (lactones) is 1.